The van der Waals surface area contributed by atoms with Gasteiger partial charge < -0.3 is 10.4 Å². The zero-order chi connectivity index (χ0) is 16.9. The molecule has 1 aromatic carbocycles. The number of nitrogens with one attached hydrogen (secondary N) is 1. The van der Waals surface area contributed by atoms with Crippen molar-refractivity contribution >= 4 is 19.3 Å². The summed E-state index contributed by atoms with van der Waals surface area (Å²) < 4.78 is 0. The number of hydrogen-bond donors (Lipinski definition) is 2. The first-order valence-electron chi connectivity index (χ1n) is 7.90. The molecule has 0 unspecified atom stereocenters. The van der Waals surface area contributed by atoms with Gasteiger partial charge >= 0.3 is 0 Å². The first-order chi connectivity index (χ1) is 11.6. The molecule has 6 heteroatoms. The number of phenols is 1. The maximum absolute atomic E-state index is 9.93. The van der Waals surface area contributed by atoms with Gasteiger partial charge in [0.1, 0.15) is 17.9 Å². The van der Waals surface area contributed by atoms with Crippen molar-refractivity contribution in [2.75, 3.05) is 11.9 Å². The Morgan fingerprint density at radius 2 is 1.88 bits per heavy atom. The lowest BCUT2D eigenvalue weighted by molar-refractivity contribution is 0.464. The lowest BCUT2D eigenvalue weighted by Crippen LogP contribution is -2.11. The number of para-hydroxylation sites is 1. The van der Waals surface area contributed by atoms with Crippen LogP contribution in [0.3, 0.4) is 0 Å². The van der Waals surface area contributed by atoms with Crippen molar-refractivity contribution in [1.82, 2.24) is 15.0 Å². The molecule has 0 aliphatic rings. The standard InChI is InChI=1S/C19H20N4O.H2S/c1-13(16-5-3-4-6-18(16)24)10-21-19-9-17(22-12-23-19)15-8-7-14(2)20-11-15;/h3-9,11-13,24H,10H2,1-2H3,(H,21,22,23);1H2/t13-;/m1./s1. The van der Waals surface area contributed by atoms with E-state index in [9.17, 15) is 5.11 Å². The van der Waals surface area contributed by atoms with Crippen LogP contribution < -0.4 is 5.32 Å². The van der Waals surface area contributed by atoms with E-state index in [0.29, 0.717) is 12.3 Å². The summed E-state index contributed by atoms with van der Waals surface area (Å²) in [6, 6.07) is 13.3. The van der Waals surface area contributed by atoms with Crippen LogP contribution in [0, 0.1) is 6.92 Å². The second kappa shape index (κ2) is 8.48. The molecule has 0 aliphatic heterocycles. The highest BCUT2D eigenvalue weighted by atomic mass is 32.1. The molecule has 0 bridgehead atoms. The number of phenolic OH excluding ortho intramolecular Hbond substituents is 1. The maximum Gasteiger partial charge on any atom is 0.129 e. The molecule has 1 atom stereocenters. The SMILES string of the molecule is Cc1ccc(-c2cc(NC[C@@H](C)c3ccccc3O)ncn2)cn1.S. The van der Waals surface area contributed by atoms with Crippen molar-refractivity contribution < 1.29 is 5.11 Å². The molecular formula is C19H22N4OS. The number of rotatable bonds is 5. The van der Waals surface area contributed by atoms with Gasteiger partial charge in [-0.15, -0.1) is 0 Å². The predicted molar refractivity (Wildman–Crippen MR) is 105 cm³/mol. The van der Waals surface area contributed by atoms with Gasteiger partial charge in [0.15, 0.2) is 0 Å². The predicted octanol–water partition coefficient (Wildman–Crippen LogP) is 3.88. The molecule has 2 heterocycles. The molecule has 0 spiro atoms. The molecule has 0 fully saturated rings. The van der Waals surface area contributed by atoms with Gasteiger partial charge in [0.05, 0.1) is 5.69 Å². The molecule has 0 saturated carbocycles. The summed E-state index contributed by atoms with van der Waals surface area (Å²) in [5.74, 6) is 1.23. The third-order valence-corrected chi connectivity index (χ3v) is 3.93. The Labute approximate surface area is 154 Å². The minimum Gasteiger partial charge on any atom is -0.508 e. The third kappa shape index (κ3) is 4.70. The fraction of sp³-hybridized carbons (Fsp3) is 0.211. The number of aromatic hydroxyl groups is 1. The van der Waals surface area contributed by atoms with E-state index >= 15 is 0 Å². The highest BCUT2D eigenvalue weighted by molar-refractivity contribution is 7.59. The van der Waals surface area contributed by atoms with Crippen molar-refractivity contribution in [1.29, 1.82) is 0 Å². The Bertz CT molecular complexity index is 824. The second-order valence-corrected chi connectivity index (χ2v) is 5.82. The first kappa shape index (κ1) is 18.7. The average Bonchev–Trinajstić information content (AvgIpc) is 2.61. The zero-order valence-corrected chi connectivity index (χ0v) is 15.3. The Hall–Kier alpha value is -2.60. The molecular weight excluding hydrogens is 332 g/mol. The number of benzene rings is 1. The summed E-state index contributed by atoms with van der Waals surface area (Å²) in [6.45, 7) is 4.69. The monoisotopic (exact) mass is 354 g/mol. The van der Waals surface area contributed by atoms with Crippen molar-refractivity contribution in [2.45, 2.75) is 19.8 Å². The van der Waals surface area contributed by atoms with Crippen molar-refractivity contribution in [3.63, 3.8) is 0 Å². The van der Waals surface area contributed by atoms with Crippen LogP contribution in [0.5, 0.6) is 5.75 Å². The molecule has 130 valence electrons. The number of pyridine rings is 1. The van der Waals surface area contributed by atoms with E-state index in [4.69, 9.17) is 0 Å². The number of nitrogens with zero attached hydrogens (tertiary/aromatic N) is 3. The summed E-state index contributed by atoms with van der Waals surface area (Å²) in [5.41, 5.74) is 3.68. The van der Waals surface area contributed by atoms with E-state index in [2.05, 4.69) is 27.2 Å². The van der Waals surface area contributed by atoms with Crippen molar-refractivity contribution in [3.8, 4) is 17.0 Å². The van der Waals surface area contributed by atoms with Crippen LogP contribution in [-0.2, 0) is 0 Å². The summed E-state index contributed by atoms with van der Waals surface area (Å²) in [4.78, 5) is 12.9. The fourth-order valence-corrected chi connectivity index (χ4v) is 2.50. The number of aryl methyl sites for hydroxylation is 1. The number of hydrogen-bond acceptors (Lipinski definition) is 5. The van der Waals surface area contributed by atoms with Crippen molar-refractivity contribution in [2.24, 2.45) is 0 Å². The van der Waals surface area contributed by atoms with E-state index in [0.717, 1.165) is 28.3 Å². The van der Waals surface area contributed by atoms with E-state index in [1.165, 1.54) is 0 Å². The van der Waals surface area contributed by atoms with Crippen LogP contribution in [0.1, 0.15) is 24.1 Å². The van der Waals surface area contributed by atoms with Crippen LogP contribution in [0.2, 0.25) is 0 Å². The van der Waals surface area contributed by atoms with Gasteiger partial charge in [-0.1, -0.05) is 25.1 Å². The summed E-state index contributed by atoms with van der Waals surface area (Å²) >= 11 is 0. The van der Waals surface area contributed by atoms with E-state index in [-0.39, 0.29) is 19.4 Å². The highest BCUT2D eigenvalue weighted by Gasteiger charge is 2.10. The van der Waals surface area contributed by atoms with Gasteiger partial charge in [-0.25, -0.2) is 9.97 Å². The molecule has 2 N–H and O–H groups in total. The summed E-state index contributed by atoms with van der Waals surface area (Å²) in [6.07, 6.45) is 3.36. The van der Waals surface area contributed by atoms with Gasteiger partial charge in [0.25, 0.3) is 0 Å². The Balaban J connectivity index is 0.00000225. The van der Waals surface area contributed by atoms with Gasteiger partial charge in [0.2, 0.25) is 0 Å². The summed E-state index contributed by atoms with van der Waals surface area (Å²) in [5, 5.41) is 13.2. The first-order valence-corrected chi connectivity index (χ1v) is 7.90. The van der Waals surface area contributed by atoms with Gasteiger partial charge in [0, 0.05) is 36.0 Å². The molecule has 0 aliphatic carbocycles. The Morgan fingerprint density at radius 3 is 2.60 bits per heavy atom. The van der Waals surface area contributed by atoms with E-state index < -0.39 is 0 Å². The Morgan fingerprint density at radius 1 is 1.08 bits per heavy atom. The maximum atomic E-state index is 9.93. The third-order valence-electron chi connectivity index (χ3n) is 3.93. The van der Waals surface area contributed by atoms with Gasteiger partial charge in [-0.3, -0.25) is 4.98 Å². The largest absolute Gasteiger partial charge is 0.508 e. The van der Waals surface area contributed by atoms with E-state index in [1.807, 2.05) is 49.5 Å². The second-order valence-electron chi connectivity index (χ2n) is 5.82. The molecule has 3 rings (SSSR count). The molecule has 3 aromatic rings. The highest BCUT2D eigenvalue weighted by Crippen LogP contribution is 2.25. The minimum absolute atomic E-state index is 0. The lowest BCUT2D eigenvalue weighted by atomic mass is 10.0. The molecule has 0 saturated heterocycles. The van der Waals surface area contributed by atoms with E-state index in [1.54, 1.807) is 12.4 Å². The molecule has 0 amide bonds. The smallest absolute Gasteiger partial charge is 0.129 e. The van der Waals surface area contributed by atoms with Crippen LogP contribution >= 0.6 is 13.5 Å². The quantitative estimate of drug-likeness (QED) is 0.727. The normalized spacial score (nSPS) is 11.4. The molecule has 5 nitrogen and oxygen atoms in total. The van der Waals surface area contributed by atoms with Crippen LogP contribution in [0.15, 0.2) is 55.0 Å². The van der Waals surface area contributed by atoms with Crippen LogP contribution in [0.4, 0.5) is 5.82 Å². The molecule has 0 radical (unpaired) electrons. The van der Waals surface area contributed by atoms with Crippen molar-refractivity contribution in [3.05, 3.63) is 66.2 Å². The van der Waals surface area contributed by atoms with Crippen LogP contribution in [-0.4, -0.2) is 26.6 Å². The number of aromatic nitrogens is 3. The van der Waals surface area contributed by atoms with Crippen LogP contribution in [0.25, 0.3) is 11.3 Å². The number of anilines is 1. The fourth-order valence-electron chi connectivity index (χ4n) is 2.50. The van der Waals surface area contributed by atoms with Gasteiger partial charge in [-0.2, -0.15) is 13.5 Å². The topological polar surface area (TPSA) is 70.9 Å². The molecule has 25 heavy (non-hydrogen) atoms. The summed E-state index contributed by atoms with van der Waals surface area (Å²) in [7, 11) is 0. The Kier molecular flexibility index (Phi) is 6.36. The lowest BCUT2D eigenvalue weighted by Gasteiger charge is -2.15. The minimum atomic E-state index is 0. The van der Waals surface area contributed by atoms with Gasteiger partial charge in [-0.05, 0) is 30.7 Å². The average molecular weight is 354 g/mol. The molecule has 2 aromatic heterocycles. The zero-order valence-electron chi connectivity index (χ0n) is 14.3.